The molecule has 0 aliphatic carbocycles. The maximum Gasteiger partial charge on any atom is 0.218 e. The van der Waals surface area contributed by atoms with Gasteiger partial charge in [0.1, 0.15) is 5.75 Å². The van der Waals surface area contributed by atoms with Crippen molar-refractivity contribution in [3.8, 4) is 5.75 Å². The molecule has 0 atom stereocenters. The number of hydrogen-bond acceptors (Lipinski definition) is 4. The molecular weight excluding hydrogens is 395 g/mol. The van der Waals surface area contributed by atoms with E-state index in [4.69, 9.17) is 27.9 Å². The fourth-order valence-electron chi connectivity index (χ4n) is 2.96. The Bertz CT molecular complexity index is 844. The van der Waals surface area contributed by atoms with E-state index in [2.05, 4.69) is 4.90 Å². The van der Waals surface area contributed by atoms with Crippen molar-refractivity contribution in [1.29, 1.82) is 0 Å². The Morgan fingerprint density at radius 2 is 1.54 bits per heavy atom. The molecule has 26 heavy (non-hydrogen) atoms. The van der Waals surface area contributed by atoms with Gasteiger partial charge < -0.3 is 9.64 Å². The molecule has 0 spiro atoms. The van der Waals surface area contributed by atoms with Crippen LogP contribution < -0.4 is 9.64 Å². The number of piperazine rings is 1. The number of sulfonamides is 1. The lowest BCUT2D eigenvalue weighted by molar-refractivity contribution is 0.384. The largest absolute Gasteiger partial charge is 0.497 e. The Hall–Kier alpha value is -1.47. The lowest BCUT2D eigenvalue weighted by atomic mass is 10.2. The van der Waals surface area contributed by atoms with Crippen molar-refractivity contribution in [2.75, 3.05) is 38.2 Å². The summed E-state index contributed by atoms with van der Waals surface area (Å²) >= 11 is 12.2. The molecule has 1 heterocycles. The molecule has 0 radical (unpaired) electrons. The van der Waals surface area contributed by atoms with E-state index in [1.165, 1.54) is 4.31 Å². The second kappa shape index (κ2) is 8.05. The number of halogens is 2. The second-order valence-electron chi connectivity index (χ2n) is 6.04. The Kier molecular flexibility index (Phi) is 5.97. The molecular formula is C18H20Cl2N2O3S. The summed E-state index contributed by atoms with van der Waals surface area (Å²) in [5, 5.41) is 0.746. The molecule has 0 bridgehead atoms. The minimum Gasteiger partial charge on any atom is -0.497 e. The van der Waals surface area contributed by atoms with Crippen molar-refractivity contribution in [3.05, 3.63) is 58.1 Å². The van der Waals surface area contributed by atoms with Gasteiger partial charge >= 0.3 is 0 Å². The van der Waals surface area contributed by atoms with Crippen LogP contribution in [-0.2, 0) is 15.8 Å². The van der Waals surface area contributed by atoms with Gasteiger partial charge in [0.05, 0.1) is 12.9 Å². The van der Waals surface area contributed by atoms with Crippen LogP contribution >= 0.6 is 23.2 Å². The van der Waals surface area contributed by atoms with Crippen LogP contribution in [0.3, 0.4) is 0 Å². The molecule has 5 nitrogen and oxygen atoms in total. The number of hydrogen-bond donors (Lipinski definition) is 0. The van der Waals surface area contributed by atoms with Gasteiger partial charge in [-0.15, -0.1) is 0 Å². The number of methoxy groups -OCH3 is 1. The standard InChI is InChI=1S/C18H20Cl2N2O3S/c1-25-15-7-5-14(6-8-15)21-9-11-22(12-10-21)26(23,24)13-16-17(19)3-2-4-18(16)20/h2-8H,9-13H2,1H3. The Labute approximate surface area is 164 Å². The molecule has 0 aromatic heterocycles. The Morgan fingerprint density at radius 1 is 0.962 bits per heavy atom. The zero-order valence-electron chi connectivity index (χ0n) is 14.4. The third-order valence-electron chi connectivity index (χ3n) is 4.46. The van der Waals surface area contributed by atoms with Gasteiger partial charge in [-0.2, -0.15) is 4.31 Å². The first kappa shape index (κ1) is 19.3. The van der Waals surface area contributed by atoms with Gasteiger partial charge in [-0.3, -0.25) is 0 Å². The van der Waals surface area contributed by atoms with Gasteiger partial charge in [-0.05, 0) is 36.4 Å². The van der Waals surface area contributed by atoms with Gasteiger partial charge in [-0.25, -0.2) is 8.42 Å². The number of benzene rings is 2. The highest BCUT2D eigenvalue weighted by atomic mass is 35.5. The molecule has 1 saturated heterocycles. The molecule has 8 heteroatoms. The molecule has 1 aliphatic heterocycles. The summed E-state index contributed by atoms with van der Waals surface area (Å²) in [6.07, 6.45) is 0. The van der Waals surface area contributed by atoms with Crippen LogP contribution in [0.2, 0.25) is 10.0 Å². The van der Waals surface area contributed by atoms with Gasteiger partial charge in [0, 0.05) is 47.5 Å². The van der Waals surface area contributed by atoms with Crippen molar-refractivity contribution in [3.63, 3.8) is 0 Å². The molecule has 1 fully saturated rings. The van der Waals surface area contributed by atoms with Crippen LogP contribution in [0.4, 0.5) is 5.69 Å². The zero-order chi connectivity index (χ0) is 18.7. The van der Waals surface area contributed by atoms with Crippen molar-refractivity contribution in [1.82, 2.24) is 4.31 Å². The van der Waals surface area contributed by atoms with E-state index in [9.17, 15) is 8.42 Å². The Morgan fingerprint density at radius 3 is 2.08 bits per heavy atom. The minimum atomic E-state index is -3.48. The minimum absolute atomic E-state index is 0.186. The summed E-state index contributed by atoms with van der Waals surface area (Å²) in [5.41, 5.74) is 1.51. The van der Waals surface area contributed by atoms with Crippen LogP contribution in [0.1, 0.15) is 5.56 Å². The molecule has 3 rings (SSSR count). The smallest absolute Gasteiger partial charge is 0.218 e. The van der Waals surface area contributed by atoms with E-state index in [1.807, 2.05) is 24.3 Å². The average Bonchev–Trinajstić information content (AvgIpc) is 2.65. The SMILES string of the molecule is COc1ccc(N2CCN(S(=O)(=O)Cc3c(Cl)cccc3Cl)CC2)cc1. The lowest BCUT2D eigenvalue weighted by Gasteiger charge is -2.35. The number of rotatable bonds is 5. The molecule has 0 N–H and O–H groups in total. The van der Waals surface area contributed by atoms with Gasteiger partial charge in [0.2, 0.25) is 10.0 Å². The summed E-state index contributed by atoms with van der Waals surface area (Å²) in [6, 6.07) is 12.8. The molecule has 1 aliphatic rings. The van der Waals surface area contributed by atoms with Crippen molar-refractivity contribution in [2.45, 2.75) is 5.75 Å². The van der Waals surface area contributed by atoms with E-state index in [1.54, 1.807) is 25.3 Å². The summed E-state index contributed by atoms with van der Waals surface area (Å²) in [4.78, 5) is 2.16. The highest BCUT2D eigenvalue weighted by molar-refractivity contribution is 7.88. The molecule has 0 saturated carbocycles. The average molecular weight is 415 g/mol. The van der Waals surface area contributed by atoms with Crippen molar-refractivity contribution < 1.29 is 13.2 Å². The normalized spacial score (nSPS) is 15.9. The number of nitrogens with zero attached hydrogens (tertiary/aromatic N) is 2. The van der Waals surface area contributed by atoms with Crippen LogP contribution in [0.25, 0.3) is 0 Å². The lowest BCUT2D eigenvalue weighted by Crippen LogP contribution is -2.49. The first-order chi connectivity index (χ1) is 12.4. The highest BCUT2D eigenvalue weighted by Crippen LogP contribution is 2.28. The first-order valence-corrected chi connectivity index (χ1v) is 10.6. The summed E-state index contributed by atoms with van der Waals surface area (Å²) in [5.74, 6) is 0.611. The first-order valence-electron chi connectivity index (χ1n) is 8.20. The third-order valence-corrected chi connectivity index (χ3v) is 6.97. The molecule has 2 aromatic rings. The maximum atomic E-state index is 12.8. The topological polar surface area (TPSA) is 49.9 Å². The quantitative estimate of drug-likeness (QED) is 0.748. The van der Waals surface area contributed by atoms with E-state index in [0.717, 1.165) is 11.4 Å². The third kappa shape index (κ3) is 4.26. The fourth-order valence-corrected chi connectivity index (χ4v) is 5.23. The predicted octanol–water partition coefficient (Wildman–Crippen LogP) is 3.65. The molecule has 2 aromatic carbocycles. The van der Waals surface area contributed by atoms with Crippen LogP contribution in [0, 0.1) is 0 Å². The van der Waals surface area contributed by atoms with Crippen LogP contribution in [-0.4, -0.2) is 46.0 Å². The van der Waals surface area contributed by atoms with E-state index >= 15 is 0 Å². The highest BCUT2D eigenvalue weighted by Gasteiger charge is 2.28. The second-order valence-corrected chi connectivity index (χ2v) is 8.82. The van der Waals surface area contributed by atoms with Crippen molar-refractivity contribution >= 4 is 38.9 Å². The van der Waals surface area contributed by atoms with E-state index in [-0.39, 0.29) is 5.75 Å². The summed E-state index contributed by atoms with van der Waals surface area (Å²) in [7, 11) is -1.85. The van der Waals surface area contributed by atoms with Crippen LogP contribution in [0.15, 0.2) is 42.5 Å². The maximum absolute atomic E-state index is 12.8. The monoisotopic (exact) mass is 414 g/mol. The van der Waals surface area contributed by atoms with E-state index < -0.39 is 10.0 Å². The zero-order valence-corrected chi connectivity index (χ0v) is 16.7. The summed E-state index contributed by atoms with van der Waals surface area (Å²) in [6.45, 7) is 2.11. The summed E-state index contributed by atoms with van der Waals surface area (Å²) < 4.78 is 32.2. The molecule has 0 unspecified atom stereocenters. The molecule has 140 valence electrons. The number of anilines is 1. The molecule has 0 amide bonds. The van der Waals surface area contributed by atoms with Gasteiger partial charge in [0.15, 0.2) is 0 Å². The van der Waals surface area contributed by atoms with Gasteiger partial charge in [-0.1, -0.05) is 29.3 Å². The predicted molar refractivity (Wildman–Crippen MR) is 106 cm³/mol. The van der Waals surface area contributed by atoms with E-state index in [0.29, 0.717) is 41.8 Å². The van der Waals surface area contributed by atoms with Crippen molar-refractivity contribution in [2.24, 2.45) is 0 Å². The van der Waals surface area contributed by atoms with Crippen LogP contribution in [0.5, 0.6) is 5.75 Å². The van der Waals surface area contributed by atoms with Gasteiger partial charge in [0.25, 0.3) is 0 Å². The number of ether oxygens (including phenoxy) is 1. The Balaban J connectivity index is 1.66. The fraction of sp³-hybridized carbons (Fsp3) is 0.333.